The lowest BCUT2D eigenvalue weighted by Crippen LogP contribution is -2.37. The Morgan fingerprint density at radius 2 is 2.10 bits per heavy atom. The minimum atomic E-state index is 0.588. The zero-order chi connectivity index (χ0) is 14.8. The predicted molar refractivity (Wildman–Crippen MR) is 85.7 cm³/mol. The maximum atomic E-state index is 4.73. The van der Waals surface area contributed by atoms with Crippen molar-refractivity contribution in [3.05, 3.63) is 6.20 Å². The predicted octanol–water partition coefficient (Wildman–Crippen LogP) is 2.80. The third-order valence-corrected chi connectivity index (χ3v) is 4.11. The van der Waals surface area contributed by atoms with Gasteiger partial charge >= 0.3 is 0 Å². The lowest BCUT2D eigenvalue weighted by molar-refractivity contribution is 0.532. The second kappa shape index (κ2) is 5.87. The Morgan fingerprint density at radius 3 is 2.76 bits per heavy atom. The lowest BCUT2D eigenvalue weighted by Gasteiger charge is -2.32. The van der Waals surface area contributed by atoms with Gasteiger partial charge in [0.1, 0.15) is 5.82 Å². The van der Waals surface area contributed by atoms with E-state index < -0.39 is 0 Å². The summed E-state index contributed by atoms with van der Waals surface area (Å²) < 4.78 is 0. The van der Waals surface area contributed by atoms with Crippen molar-refractivity contribution in [3.8, 4) is 0 Å². The van der Waals surface area contributed by atoms with Crippen LogP contribution in [-0.4, -0.2) is 39.8 Å². The molecule has 0 bridgehead atoms. The van der Waals surface area contributed by atoms with Crippen LogP contribution in [-0.2, 0) is 0 Å². The highest BCUT2D eigenvalue weighted by Crippen LogP contribution is 2.32. The van der Waals surface area contributed by atoms with Crippen molar-refractivity contribution in [1.82, 2.24) is 20.2 Å². The van der Waals surface area contributed by atoms with E-state index >= 15 is 0 Å². The Balaban J connectivity index is 2.06. The molecule has 0 amide bonds. The van der Waals surface area contributed by atoms with E-state index in [0.717, 1.165) is 23.4 Å². The van der Waals surface area contributed by atoms with Crippen LogP contribution >= 0.6 is 0 Å². The molecular weight excluding hydrogens is 264 g/mol. The largest absolute Gasteiger partial charge is 0.357 e. The van der Waals surface area contributed by atoms with Crippen LogP contribution in [0.5, 0.6) is 0 Å². The molecule has 0 unspecified atom stereocenters. The van der Waals surface area contributed by atoms with Crippen LogP contribution in [0.1, 0.15) is 39.5 Å². The second-order valence-electron chi connectivity index (χ2n) is 6.24. The van der Waals surface area contributed by atoms with Crippen LogP contribution < -0.4 is 10.2 Å². The highest BCUT2D eigenvalue weighted by Gasteiger charge is 2.26. The van der Waals surface area contributed by atoms with Crippen LogP contribution in [0.3, 0.4) is 0 Å². The molecule has 0 atom stereocenters. The van der Waals surface area contributed by atoms with Crippen molar-refractivity contribution in [2.24, 2.45) is 5.92 Å². The summed E-state index contributed by atoms with van der Waals surface area (Å²) in [6.45, 7) is 5.54. The molecule has 2 aromatic heterocycles. The molecule has 114 valence electrons. The van der Waals surface area contributed by atoms with E-state index in [1.807, 2.05) is 13.2 Å². The molecule has 0 aliphatic heterocycles. The van der Waals surface area contributed by atoms with Gasteiger partial charge < -0.3 is 10.2 Å². The molecule has 3 rings (SSSR count). The van der Waals surface area contributed by atoms with Gasteiger partial charge in [-0.2, -0.15) is 15.1 Å². The molecule has 0 radical (unpaired) electrons. The van der Waals surface area contributed by atoms with Crippen molar-refractivity contribution in [1.29, 1.82) is 0 Å². The van der Waals surface area contributed by atoms with Gasteiger partial charge in [0.25, 0.3) is 0 Å². The summed E-state index contributed by atoms with van der Waals surface area (Å²) in [7, 11) is 1.85. The first kappa shape index (κ1) is 14.1. The van der Waals surface area contributed by atoms with Crippen molar-refractivity contribution in [2.45, 2.75) is 45.6 Å². The lowest BCUT2D eigenvalue weighted by atomic mass is 10.1. The van der Waals surface area contributed by atoms with Crippen LogP contribution in [0.25, 0.3) is 11.0 Å². The van der Waals surface area contributed by atoms with E-state index in [2.05, 4.69) is 39.2 Å². The SMILES string of the molecule is CNc1nc(N(CC(C)C)C2CCCC2)c2cn[nH]c2n1. The standard InChI is InChI=1S/C15H24N6/c1-10(2)9-21(11-6-4-5-7-11)14-12-8-17-20-13(12)18-15(16-3)19-14/h8,10-11H,4-7,9H2,1-3H3,(H2,16,17,18,19,20). The molecular formula is C15H24N6. The average molecular weight is 288 g/mol. The summed E-state index contributed by atoms with van der Waals surface area (Å²) in [6.07, 6.45) is 6.98. The summed E-state index contributed by atoms with van der Waals surface area (Å²) in [5, 5.41) is 11.2. The van der Waals surface area contributed by atoms with Crippen molar-refractivity contribution in [3.63, 3.8) is 0 Å². The molecule has 21 heavy (non-hydrogen) atoms. The van der Waals surface area contributed by atoms with Gasteiger partial charge in [0.2, 0.25) is 5.95 Å². The van der Waals surface area contributed by atoms with Gasteiger partial charge in [0, 0.05) is 19.6 Å². The van der Waals surface area contributed by atoms with Crippen LogP contribution in [0.15, 0.2) is 6.20 Å². The van der Waals surface area contributed by atoms with Gasteiger partial charge in [0.15, 0.2) is 5.65 Å². The normalized spacial score (nSPS) is 16.0. The smallest absolute Gasteiger partial charge is 0.226 e. The first-order valence-corrected chi connectivity index (χ1v) is 7.84. The van der Waals surface area contributed by atoms with E-state index in [0.29, 0.717) is 17.9 Å². The maximum Gasteiger partial charge on any atom is 0.226 e. The third kappa shape index (κ3) is 2.80. The zero-order valence-electron chi connectivity index (χ0n) is 13.1. The average Bonchev–Trinajstić information content (AvgIpc) is 3.14. The highest BCUT2D eigenvalue weighted by molar-refractivity contribution is 5.87. The fourth-order valence-electron chi connectivity index (χ4n) is 3.17. The molecule has 6 heteroatoms. The first-order valence-electron chi connectivity index (χ1n) is 7.84. The summed E-state index contributed by atoms with van der Waals surface area (Å²) in [4.78, 5) is 11.6. The van der Waals surface area contributed by atoms with E-state index in [-0.39, 0.29) is 0 Å². The monoisotopic (exact) mass is 288 g/mol. The number of anilines is 2. The van der Waals surface area contributed by atoms with Gasteiger partial charge in [-0.25, -0.2) is 0 Å². The number of aromatic amines is 1. The Morgan fingerprint density at radius 1 is 1.33 bits per heavy atom. The third-order valence-electron chi connectivity index (χ3n) is 4.11. The summed E-state index contributed by atoms with van der Waals surface area (Å²) in [5.74, 6) is 2.26. The van der Waals surface area contributed by atoms with Gasteiger partial charge in [-0.3, -0.25) is 5.10 Å². The summed E-state index contributed by atoms with van der Waals surface area (Å²) in [5.41, 5.74) is 0.802. The molecule has 2 heterocycles. The molecule has 2 N–H and O–H groups in total. The quantitative estimate of drug-likeness (QED) is 0.885. The number of fused-ring (bicyclic) bond motifs is 1. The molecule has 1 aliphatic rings. The van der Waals surface area contributed by atoms with Gasteiger partial charge in [-0.1, -0.05) is 26.7 Å². The summed E-state index contributed by atoms with van der Waals surface area (Å²) >= 11 is 0. The number of rotatable bonds is 5. The maximum absolute atomic E-state index is 4.73. The Hall–Kier alpha value is -1.85. The molecule has 0 saturated heterocycles. The van der Waals surface area contributed by atoms with E-state index in [9.17, 15) is 0 Å². The van der Waals surface area contributed by atoms with Crippen molar-refractivity contribution < 1.29 is 0 Å². The molecule has 0 spiro atoms. The molecule has 2 aromatic rings. The number of nitrogens with zero attached hydrogens (tertiary/aromatic N) is 4. The number of hydrogen-bond acceptors (Lipinski definition) is 5. The topological polar surface area (TPSA) is 69.7 Å². The van der Waals surface area contributed by atoms with E-state index in [4.69, 9.17) is 4.98 Å². The highest BCUT2D eigenvalue weighted by atomic mass is 15.3. The first-order chi connectivity index (χ1) is 10.2. The fraction of sp³-hybridized carbons (Fsp3) is 0.667. The number of H-pyrrole nitrogens is 1. The number of hydrogen-bond donors (Lipinski definition) is 2. The number of nitrogens with one attached hydrogen (secondary N) is 2. The second-order valence-corrected chi connectivity index (χ2v) is 6.24. The Bertz CT molecular complexity index is 599. The van der Waals surface area contributed by atoms with Gasteiger partial charge in [0.05, 0.1) is 11.6 Å². The molecule has 1 fully saturated rings. The van der Waals surface area contributed by atoms with E-state index in [1.165, 1.54) is 25.7 Å². The van der Waals surface area contributed by atoms with Crippen LogP contribution in [0.4, 0.5) is 11.8 Å². The van der Waals surface area contributed by atoms with Crippen LogP contribution in [0.2, 0.25) is 0 Å². The molecule has 1 aliphatic carbocycles. The van der Waals surface area contributed by atoms with Crippen molar-refractivity contribution >= 4 is 22.8 Å². The number of aromatic nitrogens is 4. The minimum absolute atomic E-state index is 0.588. The zero-order valence-corrected chi connectivity index (χ0v) is 13.1. The van der Waals surface area contributed by atoms with Crippen molar-refractivity contribution in [2.75, 3.05) is 23.8 Å². The minimum Gasteiger partial charge on any atom is -0.357 e. The molecule has 0 aromatic carbocycles. The van der Waals surface area contributed by atoms with E-state index in [1.54, 1.807) is 0 Å². The molecule has 6 nitrogen and oxygen atoms in total. The summed E-state index contributed by atoms with van der Waals surface area (Å²) in [6, 6.07) is 0.588. The molecule has 1 saturated carbocycles. The fourth-order valence-corrected chi connectivity index (χ4v) is 3.17. The van der Waals surface area contributed by atoms with Gasteiger partial charge in [-0.15, -0.1) is 0 Å². The van der Waals surface area contributed by atoms with Gasteiger partial charge in [-0.05, 0) is 18.8 Å². The Kier molecular flexibility index (Phi) is 3.94. The Labute approximate surface area is 125 Å². The van der Waals surface area contributed by atoms with Crippen LogP contribution in [0, 0.1) is 5.92 Å².